The summed E-state index contributed by atoms with van der Waals surface area (Å²) in [6, 6.07) is 0. The minimum atomic E-state index is -0.0633. The van der Waals surface area contributed by atoms with Crippen molar-refractivity contribution in [2.75, 3.05) is 13.2 Å². The standard InChI is InChI=1S/C14H29NO2/c1-4-5-6-7-12-17-13(16)8-9-14(2,3)10-11-15/h4-12,15H2,1-3H3. The number of carbonyl (C=O) groups is 1. The molecule has 17 heavy (non-hydrogen) atoms. The van der Waals surface area contributed by atoms with Crippen molar-refractivity contribution in [1.82, 2.24) is 0 Å². The van der Waals surface area contributed by atoms with Gasteiger partial charge in [-0.3, -0.25) is 4.79 Å². The predicted molar refractivity (Wildman–Crippen MR) is 71.8 cm³/mol. The third-order valence-corrected chi connectivity index (χ3v) is 3.09. The topological polar surface area (TPSA) is 52.3 Å². The van der Waals surface area contributed by atoms with Gasteiger partial charge in [-0.15, -0.1) is 0 Å². The molecule has 0 spiro atoms. The molecule has 3 nitrogen and oxygen atoms in total. The third-order valence-electron chi connectivity index (χ3n) is 3.09. The number of ether oxygens (including phenoxy) is 1. The molecule has 0 saturated heterocycles. The Morgan fingerprint density at radius 3 is 2.47 bits per heavy atom. The fraction of sp³-hybridized carbons (Fsp3) is 0.929. The monoisotopic (exact) mass is 243 g/mol. The van der Waals surface area contributed by atoms with Crippen LogP contribution in [0.15, 0.2) is 0 Å². The van der Waals surface area contributed by atoms with Crippen LogP contribution in [0.1, 0.15) is 65.7 Å². The Morgan fingerprint density at radius 2 is 1.88 bits per heavy atom. The van der Waals surface area contributed by atoms with Crippen molar-refractivity contribution in [3.63, 3.8) is 0 Å². The number of unbranched alkanes of at least 4 members (excludes halogenated alkanes) is 3. The fourth-order valence-electron chi connectivity index (χ4n) is 1.74. The lowest BCUT2D eigenvalue weighted by Crippen LogP contribution is -2.19. The Hall–Kier alpha value is -0.570. The molecule has 0 aromatic rings. The van der Waals surface area contributed by atoms with Gasteiger partial charge in [0.2, 0.25) is 0 Å². The highest BCUT2D eigenvalue weighted by atomic mass is 16.5. The van der Waals surface area contributed by atoms with E-state index in [4.69, 9.17) is 10.5 Å². The van der Waals surface area contributed by atoms with Crippen LogP contribution in [0.2, 0.25) is 0 Å². The second-order valence-electron chi connectivity index (χ2n) is 5.48. The normalized spacial score (nSPS) is 11.5. The Kier molecular flexibility index (Phi) is 9.14. The van der Waals surface area contributed by atoms with Gasteiger partial charge in [0, 0.05) is 6.42 Å². The summed E-state index contributed by atoms with van der Waals surface area (Å²) in [5.41, 5.74) is 5.68. The number of hydrogen-bond acceptors (Lipinski definition) is 3. The summed E-state index contributed by atoms with van der Waals surface area (Å²) in [4.78, 5) is 11.5. The van der Waals surface area contributed by atoms with E-state index in [1.54, 1.807) is 0 Å². The highest BCUT2D eigenvalue weighted by Crippen LogP contribution is 2.25. The van der Waals surface area contributed by atoms with Crippen LogP contribution in [0.25, 0.3) is 0 Å². The summed E-state index contributed by atoms with van der Waals surface area (Å²) in [6.07, 6.45) is 6.91. The molecule has 0 radical (unpaired) electrons. The van der Waals surface area contributed by atoms with Gasteiger partial charge in [-0.2, -0.15) is 0 Å². The molecule has 0 aliphatic carbocycles. The highest BCUT2D eigenvalue weighted by molar-refractivity contribution is 5.69. The average molecular weight is 243 g/mol. The van der Waals surface area contributed by atoms with Gasteiger partial charge in [0.15, 0.2) is 0 Å². The molecule has 0 unspecified atom stereocenters. The maximum Gasteiger partial charge on any atom is 0.305 e. The Morgan fingerprint density at radius 1 is 1.18 bits per heavy atom. The van der Waals surface area contributed by atoms with E-state index in [9.17, 15) is 4.79 Å². The summed E-state index contributed by atoms with van der Waals surface area (Å²) in [5.74, 6) is -0.0633. The van der Waals surface area contributed by atoms with E-state index in [1.165, 1.54) is 12.8 Å². The van der Waals surface area contributed by atoms with Crippen LogP contribution in [0.5, 0.6) is 0 Å². The molecule has 0 atom stereocenters. The van der Waals surface area contributed by atoms with Crippen LogP contribution in [0, 0.1) is 5.41 Å². The molecule has 0 heterocycles. The third kappa shape index (κ3) is 10.3. The molecule has 3 heteroatoms. The fourth-order valence-corrected chi connectivity index (χ4v) is 1.74. The second-order valence-corrected chi connectivity index (χ2v) is 5.48. The quantitative estimate of drug-likeness (QED) is 0.473. The van der Waals surface area contributed by atoms with Crippen molar-refractivity contribution >= 4 is 5.97 Å². The number of nitrogens with two attached hydrogens (primary N) is 1. The second kappa shape index (κ2) is 9.46. The predicted octanol–water partition coefficient (Wildman–Crippen LogP) is 3.27. The molecule has 0 aromatic carbocycles. The van der Waals surface area contributed by atoms with Crippen molar-refractivity contribution in [2.24, 2.45) is 11.1 Å². The van der Waals surface area contributed by atoms with E-state index in [1.807, 2.05) is 0 Å². The zero-order chi connectivity index (χ0) is 13.1. The molecule has 2 N–H and O–H groups in total. The van der Waals surface area contributed by atoms with E-state index in [2.05, 4.69) is 20.8 Å². The molecule has 0 bridgehead atoms. The summed E-state index contributed by atoms with van der Waals surface area (Å²) < 4.78 is 5.19. The van der Waals surface area contributed by atoms with Crippen molar-refractivity contribution in [3.05, 3.63) is 0 Å². The Balaban J connectivity index is 3.52. The lowest BCUT2D eigenvalue weighted by Gasteiger charge is -2.23. The van der Waals surface area contributed by atoms with E-state index >= 15 is 0 Å². The summed E-state index contributed by atoms with van der Waals surface area (Å²) >= 11 is 0. The van der Waals surface area contributed by atoms with E-state index in [-0.39, 0.29) is 11.4 Å². The van der Waals surface area contributed by atoms with Gasteiger partial charge in [0.1, 0.15) is 0 Å². The minimum absolute atomic E-state index is 0.0633. The van der Waals surface area contributed by atoms with E-state index < -0.39 is 0 Å². The molecule has 0 fully saturated rings. The first-order valence-electron chi connectivity index (χ1n) is 6.87. The SMILES string of the molecule is CCCCCCOC(=O)CCC(C)(C)CCN. The van der Waals surface area contributed by atoms with Gasteiger partial charge >= 0.3 is 5.97 Å². The van der Waals surface area contributed by atoms with E-state index in [0.717, 1.165) is 25.7 Å². The summed E-state index contributed by atoms with van der Waals surface area (Å²) in [6.45, 7) is 7.73. The highest BCUT2D eigenvalue weighted by Gasteiger charge is 2.18. The molecule has 102 valence electrons. The number of carbonyl (C=O) groups excluding carboxylic acids is 1. The van der Waals surface area contributed by atoms with Gasteiger partial charge in [0.05, 0.1) is 6.61 Å². The minimum Gasteiger partial charge on any atom is -0.466 e. The van der Waals surface area contributed by atoms with E-state index in [0.29, 0.717) is 19.6 Å². The Labute approximate surface area is 106 Å². The first-order valence-corrected chi connectivity index (χ1v) is 6.87. The van der Waals surface area contributed by atoms with Gasteiger partial charge in [-0.25, -0.2) is 0 Å². The van der Waals surface area contributed by atoms with Gasteiger partial charge < -0.3 is 10.5 Å². The molecular weight excluding hydrogens is 214 g/mol. The average Bonchev–Trinajstić information content (AvgIpc) is 2.26. The van der Waals surface area contributed by atoms with Gasteiger partial charge in [-0.05, 0) is 31.2 Å². The van der Waals surface area contributed by atoms with Crippen LogP contribution in [-0.4, -0.2) is 19.1 Å². The van der Waals surface area contributed by atoms with Crippen molar-refractivity contribution in [2.45, 2.75) is 65.7 Å². The molecule has 0 aliphatic heterocycles. The molecule has 0 saturated carbocycles. The number of hydrogen-bond donors (Lipinski definition) is 1. The van der Waals surface area contributed by atoms with Crippen LogP contribution < -0.4 is 5.73 Å². The molecule has 0 aromatic heterocycles. The zero-order valence-electron chi connectivity index (χ0n) is 11.8. The first kappa shape index (κ1) is 16.4. The summed E-state index contributed by atoms with van der Waals surface area (Å²) in [5, 5.41) is 0. The molecular formula is C14H29NO2. The first-order chi connectivity index (χ1) is 8.02. The smallest absolute Gasteiger partial charge is 0.305 e. The van der Waals surface area contributed by atoms with Crippen molar-refractivity contribution in [3.8, 4) is 0 Å². The Bertz CT molecular complexity index is 202. The van der Waals surface area contributed by atoms with Crippen LogP contribution in [0.4, 0.5) is 0 Å². The maximum atomic E-state index is 11.5. The lowest BCUT2D eigenvalue weighted by molar-refractivity contribution is -0.144. The van der Waals surface area contributed by atoms with Crippen molar-refractivity contribution < 1.29 is 9.53 Å². The van der Waals surface area contributed by atoms with Crippen LogP contribution >= 0.6 is 0 Å². The number of esters is 1. The number of rotatable bonds is 10. The largest absolute Gasteiger partial charge is 0.466 e. The van der Waals surface area contributed by atoms with Gasteiger partial charge in [0.25, 0.3) is 0 Å². The zero-order valence-corrected chi connectivity index (χ0v) is 11.8. The van der Waals surface area contributed by atoms with Crippen molar-refractivity contribution in [1.29, 1.82) is 0 Å². The lowest BCUT2D eigenvalue weighted by atomic mass is 9.84. The van der Waals surface area contributed by atoms with Crippen LogP contribution in [0.3, 0.4) is 0 Å². The molecule has 0 amide bonds. The maximum absolute atomic E-state index is 11.5. The van der Waals surface area contributed by atoms with Crippen LogP contribution in [-0.2, 0) is 9.53 Å². The molecule has 0 rings (SSSR count). The van der Waals surface area contributed by atoms with Gasteiger partial charge in [-0.1, -0.05) is 40.0 Å². The summed E-state index contributed by atoms with van der Waals surface area (Å²) in [7, 11) is 0. The molecule has 0 aliphatic rings.